The van der Waals surface area contributed by atoms with Gasteiger partial charge in [0.15, 0.2) is 0 Å². The largest absolute Gasteiger partial charge is 0.497 e. The standard InChI is InChI=1S/C29H35NO4/c1-5-30-18-22(31)19-33-23-13-11-20(12-14-23)27-25-16-15-24(32-4)17-26(25)34-29(2,3)28(27)21-9-7-6-8-10-21/h6-17,22,27-28,30-31H,5,18-19H2,1-4H3/t22?,27-,28+/m1/s1. The molecule has 1 aliphatic rings. The number of benzene rings is 3. The second kappa shape index (κ2) is 10.5. The van der Waals surface area contributed by atoms with Crippen molar-refractivity contribution in [2.24, 2.45) is 0 Å². The first-order valence-electron chi connectivity index (χ1n) is 12.0. The number of rotatable bonds is 9. The lowest BCUT2D eigenvalue weighted by Crippen LogP contribution is -2.43. The van der Waals surface area contributed by atoms with Crippen LogP contribution >= 0.6 is 0 Å². The Hall–Kier alpha value is -3.02. The third kappa shape index (κ3) is 5.21. The van der Waals surface area contributed by atoms with E-state index >= 15 is 0 Å². The fourth-order valence-electron chi connectivity index (χ4n) is 4.87. The molecule has 0 amide bonds. The van der Waals surface area contributed by atoms with E-state index in [1.165, 1.54) is 11.1 Å². The van der Waals surface area contributed by atoms with Gasteiger partial charge in [0.2, 0.25) is 0 Å². The Morgan fingerprint density at radius 2 is 1.68 bits per heavy atom. The van der Waals surface area contributed by atoms with Gasteiger partial charge in [-0.15, -0.1) is 0 Å². The summed E-state index contributed by atoms with van der Waals surface area (Å²) in [6.45, 7) is 7.92. The van der Waals surface area contributed by atoms with Crippen LogP contribution in [-0.2, 0) is 0 Å². The minimum absolute atomic E-state index is 0.0976. The van der Waals surface area contributed by atoms with Crippen LogP contribution in [0.25, 0.3) is 0 Å². The molecule has 0 saturated carbocycles. The van der Waals surface area contributed by atoms with Gasteiger partial charge in [0.05, 0.1) is 7.11 Å². The van der Waals surface area contributed by atoms with Crippen LogP contribution in [0.1, 0.15) is 49.3 Å². The van der Waals surface area contributed by atoms with Gasteiger partial charge in [-0.1, -0.05) is 55.5 Å². The molecule has 3 aromatic rings. The fraction of sp³-hybridized carbons (Fsp3) is 0.379. The smallest absolute Gasteiger partial charge is 0.127 e. The lowest BCUT2D eigenvalue weighted by molar-refractivity contribution is 0.0528. The first-order valence-corrected chi connectivity index (χ1v) is 12.0. The van der Waals surface area contributed by atoms with Gasteiger partial charge < -0.3 is 24.6 Å². The Kier molecular flexibility index (Phi) is 7.44. The summed E-state index contributed by atoms with van der Waals surface area (Å²) in [5, 5.41) is 13.2. The number of nitrogens with one attached hydrogen (secondary N) is 1. The Balaban J connectivity index is 1.68. The van der Waals surface area contributed by atoms with Gasteiger partial charge >= 0.3 is 0 Å². The van der Waals surface area contributed by atoms with Crippen molar-refractivity contribution < 1.29 is 19.3 Å². The number of methoxy groups -OCH3 is 1. The summed E-state index contributed by atoms with van der Waals surface area (Å²) < 4.78 is 17.9. The molecule has 1 unspecified atom stereocenters. The topological polar surface area (TPSA) is 60.0 Å². The molecule has 1 heterocycles. The molecule has 5 heteroatoms. The van der Waals surface area contributed by atoms with Crippen molar-refractivity contribution >= 4 is 0 Å². The second-order valence-corrected chi connectivity index (χ2v) is 9.32. The highest BCUT2D eigenvalue weighted by atomic mass is 16.5. The number of aliphatic hydroxyl groups excluding tert-OH is 1. The number of fused-ring (bicyclic) bond motifs is 1. The highest BCUT2D eigenvalue weighted by Crippen LogP contribution is 2.53. The molecule has 0 spiro atoms. The van der Waals surface area contributed by atoms with E-state index in [-0.39, 0.29) is 18.4 Å². The van der Waals surface area contributed by atoms with Crippen LogP contribution in [0.15, 0.2) is 72.8 Å². The first-order chi connectivity index (χ1) is 16.4. The van der Waals surface area contributed by atoms with Crippen LogP contribution in [-0.4, -0.2) is 43.6 Å². The summed E-state index contributed by atoms with van der Waals surface area (Å²) in [5.74, 6) is 2.60. The summed E-state index contributed by atoms with van der Waals surface area (Å²) in [5.41, 5.74) is 3.14. The number of ether oxygens (including phenoxy) is 3. The van der Waals surface area contributed by atoms with Gasteiger partial charge in [0.1, 0.15) is 35.6 Å². The zero-order chi connectivity index (χ0) is 24.1. The number of hydrogen-bond acceptors (Lipinski definition) is 5. The first kappa shape index (κ1) is 24.1. The second-order valence-electron chi connectivity index (χ2n) is 9.32. The molecule has 1 aliphatic heterocycles. The third-order valence-corrected chi connectivity index (χ3v) is 6.48. The van der Waals surface area contributed by atoms with E-state index < -0.39 is 11.7 Å². The minimum atomic E-state index is -0.541. The quantitative estimate of drug-likeness (QED) is 0.463. The molecule has 4 rings (SSSR count). The van der Waals surface area contributed by atoms with Crippen molar-refractivity contribution in [1.82, 2.24) is 5.32 Å². The van der Waals surface area contributed by atoms with Crippen molar-refractivity contribution in [2.45, 2.75) is 44.3 Å². The lowest BCUT2D eigenvalue weighted by atomic mass is 9.68. The average Bonchev–Trinajstić information content (AvgIpc) is 2.85. The van der Waals surface area contributed by atoms with Gasteiger partial charge in [0.25, 0.3) is 0 Å². The Bertz CT molecular complexity index is 1070. The van der Waals surface area contributed by atoms with Crippen LogP contribution in [0.5, 0.6) is 17.2 Å². The molecular weight excluding hydrogens is 426 g/mol. The van der Waals surface area contributed by atoms with Crippen LogP contribution in [0.2, 0.25) is 0 Å². The van der Waals surface area contributed by atoms with Crippen molar-refractivity contribution in [3.05, 3.63) is 89.5 Å². The Labute approximate surface area is 202 Å². The monoisotopic (exact) mass is 461 g/mol. The van der Waals surface area contributed by atoms with Gasteiger partial charge in [-0.2, -0.15) is 0 Å². The van der Waals surface area contributed by atoms with Crippen molar-refractivity contribution in [1.29, 1.82) is 0 Å². The van der Waals surface area contributed by atoms with E-state index in [1.807, 2.05) is 37.3 Å². The normalized spacial score (nSPS) is 19.6. The maximum Gasteiger partial charge on any atom is 0.127 e. The molecule has 34 heavy (non-hydrogen) atoms. The molecule has 0 aromatic heterocycles. The van der Waals surface area contributed by atoms with Crippen molar-refractivity contribution in [2.75, 3.05) is 26.8 Å². The maximum absolute atomic E-state index is 10.1. The summed E-state index contributed by atoms with van der Waals surface area (Å²) in [6, 6.07) is 24.9. The van der Waals surface area contributed by atoms with Gasteiger partial charge in [-0.25, -0.2) is 0 Å². The molecule has 3 atom stereocenters. The van der Waals surface area contributed by atoms with Crippen LogP contribution < -0.4 is 19.5 Å². The average molecular weight is 462 g/mol. The van der Waals surface area contributed by atoms with Crippen molar-refractivity contribution in [3.63, 3.8) is 0 Å². The zero-order valence-corrected chi connectivity index (χ0v) is 20.5. The van der Waals surface area contributed by atoms with E-state index in [4.69, 9.17) is 14.2 Å². The molecule has 0 saturated heterocycles. The molecule has 0 bridgehead atoms. The number of aliphatic hydroxyl groups is 1. The minimum Gasteiger partial charge on any atom is -0.497 e. The highest BCUT2D eigenvalue weighted by molar-refractivity contribution is 5.52. The zero-order valence-electron chi connectivity index (χ0n) is 20.5. The Morgan fingerprint density at radius 1 is 0.971 bits per heavy atom. The molecule has 3 aromatic carbocycles. The molecule has 2 N–H and O–H groups in total. The fourth-order valence-corrected chi connectivity index (χ4v) is 4.87. The number of likely N-dealkylation sites (N-methyl/N-ethyl adjacent to an activating group) is 1. The Morgan fingerprint density at radius 3 is 2.35 bits per heavy atom. The predicted molar refractivity (Wildman–Crippen MR) is 135 cm³/mol. The lowest BCUT2D eigenvalue weighted by Gasteiger charge is -2.45. The van der Waals surface area contributed by atoms with Crippen LogP contribution in [0, 0.1) is 0 Å². The summed E-state index contributed by atoms with van der Waals surface area (Å²) >= 11 is 0. The van der Waals surface area contributed by atoms with Gasteiger partial charge in [-0.3, -0.25) is 0 Å². The summed E-state index contributed by atoms with van der Waals surface area (Å²) in [4.78, 5) is 0. The molecule has 180 valence electrons. The van der Waals surface area contributed by atoms with Gasteiger partial charge in [-0.05, 0) is 49.7 Å². The molecule has 0 fully saturated rings. The molecule has 5 nitrogen and oxygen atoms in total. The van der Waals surface area contributed by atoms with E-state index in [2.05, 4.69) is 61.6 Å². The SMILES string of the molecule is CCNCC(O)COc1ccc([C@@H]2c3ccc(OC)cc3OC(C)(C)[C@H]2c2ccccc2)cc1. The van der Waals surface area contributed by atoms with Gasteiger partial charge in [0, 0.05) is 30.0 Å². The molecule has 0 aliphatic carbocycles. The molecular formula is C29H35NO4. The van der Waals surface area contributed by atoms with Crippen molar-refractivity contribution in [3.8, 4) is 17.2 Å². The number of hydrogen-bond donors (Lipinski definition) is 2. The van der Waals surface area contributed by atoms with E-state index in [9.17, 15) is 5.11 Å². The maximum atomic E-state index is 10.1. The summed E-state index contributed by atoms with van der Waals surface area (Å²) in [7, 11) is 1.67. The summed E-state index contributed by atoms with van der Waals surface area (Å²) in [6.07, 6.45) is -0.541. The molecule has 0 radical (unpaired) electrons. The highest BCUT2D eigenvalue weighted by Gasteiger charge is 2.45. The van der Waals surface area contributed by atoms with E-state index in [0.717, 1.165) is 29.4 Å². The third-order valence-electron chi connectivity index (χ3n) is 6.48. The predicted octanol–water partition coefficient (Wildman–Crippen LogP) is 5.13. The van der Waals surface area contributed by atoms with Crippen LogP contribution in [0.3, 0.4) is 0 Å². The van der Waals surface area contributed by atoms with Crippen LogP contribution in [0.4, 0.5) is 0 Å². The van der Waals surface area contributed by atoms with E-state index in [0.29, 0.717) is 6.54 Å². The van der Waals surface area contributed by atoms with E-state index in [1.54, 1.807) is 7.11 Å².